The number of anilines is 1. The van der Waals surface area contributed by atoms with Crippen molar-refractivity contribution in [2.24, 2.45) is 0 Å². The molecule has 4 nitrogen and oxygen atoms in total. The standard InChI is InChI=1S/C25H26ClN3O/c1-17-12-13-20(23(26)22(17)18-8-3-2-4-9-18)25(30)29-21-11-7-15-28-24(21)19-10-5-6-14-27-16-19/h2-4,7-9,11-13,15,19,27H,5-6,10,14,16H2,1H3,(H,29,30). The summed E-state index contributed by atoms with van der Waals surface area (Å²) in [5, 5.41) is 7.02. The Morgan fingerprint density at radius 3 is 2.77 bits per heavy atom. The molecule has 1 aromatic heterocycles. The van der Waals surface area contributed by atoms with Crippen LogP contribution in [0.4, 0.5) is 5.69 Å². The molecule has 0 radical (unpaired) electrons. The summed E-state index contributed by atoms with van der Waals surface area (Å²) in [6.45, 7) is 3.92. The molecule has 0 saturated carbocycles. The number of hydrogen-bond donors (Lipinski definition) is 2. The first-order valence-electron chi connectivity index (χ1n) is 10.5. The van der Waals surface area contributed by atoms with Crippen LogP contribution in [0.5, 0.6) is 0 Å². The van der Waals surface area contributed by atoms with E-state index < -0.39 is 0 Å². The molecule has 1 aliphatic rings. The summed E-state index contributed by atoms with van der Waals surface area (Å²) < 4.78 is 0. The first-order chi connectivity index (χ1) is 14.6. The van der Waals surface area contributed by atoms with Gasteiger partial charge in [-0.3, -0.25) is 9.78 Å². The summed E-state index contributed by atoms with van der Waals surface area (Å²) >= 11 is 6.73. The molecule has 154 valence electrons. The normalized spacial score (nSPS) is 16.7. The van der Waals surface area contributed by atoms with Gasteiger partial charge in [-0.15, -0.1) is 0 Å². The summed E-state index contributed by atoms with van der Waals surface area (Å²) in [5.41, 5.74) is 5.09. The van der Waals surface area contributed by atoms with Crippen molar-refractivity contribution >= 4 is 23.2 Å². The molecule has 30 heavy (non-hydrogen) atoms. The highest BCUT2D eigenvalue weighted by atomic mass is 35.5. The fourth-order valence-corrected chi connectivity index (χ4v) is 4.50. The molecule has 1 unspecified atom stereocenters. The molecule has 0 bridgehead atoms. The Morgan fingerprint density at radius 2 is 1.93 bits per heavy atom. The van der Waals surface area contributed by atoms with E-state index in [1.54, 1.807) is 12.3 Å². The third-order valence-electron chi connectivity index (χ3n) is 5.68. The van der Waals surface area contributed by atoms with Crippen LogP contribution in [0.2, 0.25) is 5.02 Å². The third-order valence-corrected chi connectivity index (χ3v) is 6.07. The topological polar surface area (TPSA) is 54.0 Å². The van der Waals surface area contributed by atoms with Crippen LogP contribution in [0.1, 0.15) is 46.8 Å². The monoisotopic (exact) mass is 419 g/mol. The fourth-order valence-electron chi connectivity index (χ4n) is 4.10. The molecule has 1 fully saturated rings. The molecule has 1 aliphatic heterocycles. The van der Waals surface area contributed by atoms with E-state index in [4.69, 9.17) is 11.6 Å². The number of rotatable bonds is 4. The summed E-state index contributed by atoms with van der Waals surface area (Å²) in [7, 11) is 0. The average Bonchev–Trinajstić information content (AvgIpc) is 3.04. The first kappa shape index (κ1) is 20.6. The van der Waals surface area contributed by atoms with E-state index in [-0.39, 0.29) is 11.8 Å². The Balaban J connectivity index is 1.64. The Morgan fingerprint density at radius 1 is 1.10 bits per heavy atom. The van der Waals surface area contributed by atoms with Gasteiger partial charge < -0.3 is 10.6 Å². The summed E-state index contributed by atoms with van der Waals surface area (Å²) in [6, 6.07) is 17.4. The average molecular weight is 420 g/mol. The molecule has 1 atom stereocenters. The zero-order valence-corrected chi connectivity index (χ0v) is 17.9. The van der Waals surface area contributed by atoms with Gasteiger partial charge in [0.2, 0.25) is 0 Å². The number of benzene rings is 2. The molecule has 2 N–H and O–H groups in total. The van der Waals surface area contributed by atoms with Gasteiger partial charge in [0.25, 0.3) is 5.91 Å². The number of pyridine rings is 1. The molecule has 2 aromatic carbocycles. The smallest absolute Gasteiger partial charge is 0.257 e. The van der Waals surface area contributed by atoms with Crippen molar-refractivity contribution in [2.75, 3.05) is 18.4 Å². The van der Waals surface area contributed by atoms with Crippen LogP contribution < -0.4 is 10.6 Å². The van der Waals surface area contributed by atoms with Gasteiger partial charge in [-0.05, 0) is 55.6 Å². The van der Waals surface area contributed by atoms with Crippen LogP contribution in [0.25, 0.3) is 11.1 Å². The fraction of sp³-hybridized carbons (Fsp3) is 0.280. The van der Waals surface area contributed by atoms with Gasteiger partial charge in [-0.1, -0.05) is 54.4 Å². The summed E-state index contributed by atoms with van der Waals surface area (Å²) in [6.07, 6.45) is 5.19. The van der Waals surface area contributed by atoms with Gasteiger partial charge in [0, 0.05) is 24.2 Å². The second-order valence-electron chi connectivity index (χ2n) is 7.77. The Kier molecular flexibility index (Phi) is 6.46. The maximum absolute atomic E-state index is 13.2. The van der Waals surface area contributed by atoms with Gasteiger partial charge in [-0.2, -0.15) is 0 Å². The molecule has 2 heterocycles. The highest BCUT2D eigenvalue weighted by Gasteiger charge is 2.22. The second kappa shape index (κ2) is 9.41. The number of nitrogens with zero attached hydrogens (tertiary/aromatic N) is 1. The van der Waals surface area contributed by atoms with Crippen LogP contribution >= 0.6 is 11.6 Å². The highest BCUT2D eigenvalue weighted by Crippen LogP contribution is 2.35. The third kappa shape index (κ3) is 4.40. The molecule has 1 amide bonds. The van der Waals surface area contributed by atoms with Crippen molar-refractivity contribution in [3.63, 3.8) is 0 Å². The van der Waals surface area contributed by atoms with E-state index in [9.17, 15) is 4.79 Å². The molecular formula is C25H26ClN3O. The molecule has 4 rings (SSSR count). The van der Waals surface area contributed by atoms with Crippen molar-refractivity contribution in [2.45, 2.75) is 32.1 Å². The lowest BCUT2D eigenvalue weighted by atomic mass is 9.96. The van der Waals surface area contributed by atoms with E-state index in [2.05, 4.69) is 15.6 Å². The maximum Gasteiger partial charge on any atom is 0.257 e. The lowest BCUT2D eigenvalue weighted by Crippen LogP contribution is -2.22. The predicted molar refractivity (Wildman–Crippen MR) is 123 cm³/mol. The Bertz CT molecular complexity index is 1030. The van der Waals surface area contributed by atoms with Gasteiger partial charge in [0.1, 0.15) is 0 Å². The predicted octanol–water partition coefficient (Wildman–Crippen LogP) is 5.82. The number of hydrogen-bond acceptors (Lipinski definition) is 3. The van der Waals surface area contributed by atoms with Crippen molar-refractivity contribution in [3.8, 4) is 11.1 Å². The molecule has 0 aliphatic carbocycles. The van der Waals surface area contributed by atoms with Gasteiger partial charge >= 0.3 is 0 Å². The number of nitrogens with one attached hydrogen (secondary N) is 2. The van der Waals surface area contributed by atoms with E-state index in [1.807, 2.05) is 55.5 Å². The molecular weight excluding hydrogens is 394 g/mol. The minimum absolute atomic E-state index is 0.215. The number of aromatic nitrogens is 1. The molecule has 0 spiro atoms. The minimum Gasteiger partial charge on any atom is -0.320 e. The van der Waals surface area contributed by atoms with E-state index >= 15 is 0 Å². The van der Waals surface area contributed by atoms with Crippen LogP contribution in [0.3, 0.4) is 0 Å². The largest absolute Gasteiger partial charge is 0.320 e. The number of carbonyl (C=O) groups excluding carboxylic acids is 1. The Labute approximate surface area is 182 Å². The zero-order valence-electron chi connectivity index (χ0n) is 17.1. The van der Waals surface area contributed by atoms with Crippen LogP contribution in [-0.2, 0) is 0 Å². The van der Waals surface area contributed by atoms with E-state index in [0.29, 0.717) is 10.6 Å². The van der Waals surface area contributed by atoms with Gasteiger partial charge in [-0.25, -0.2) is 0 Å². The van der Waals surface area contributed by atoms with Crippen molar-refractivity contribution in [3.05, 3.63) is 82.6 Å². The SMILES string of the molecule is Cc1ccc(C(=O)Nc2cccnc2C2CCCCNC2)c(Cl)c1-c1ccccc1. The van der Waals surface area contributed by atoms with Gasteiger partial charge in [0.05, 0.1) is 22.0 Å². The number of amides is 1. The number of aryl methyl sites for hydroxylation is 1. The van der Waals surface area contributed by atoms with Crippen LogP contribution in [-0.4, -0.2) is 24.0 Å². The number of halogens is 1. The zero-order chi connectivity index (χ0) is 20.9. The summed E-state index contributed by atoms with van der Waals surface area (Å²) in [4.78, 5) is 17.8. The second-order valence-corrected chi connectivity index (χ2v) is 8.15. The minimum atomic E-state index is -0.215. The van der Waals surface area contributed by atoms with Crippen LogP contribution in [0.15, 0.2) is 60.8 Å². The van der Waals surface area contributed by atoms with Gasteiger partial charge in [0.15, 0.2) is 0 Å². The molecule has 5 heteroatoms. The Hall–Kier alpha value is -2.69. The maximum atomic E-state index is 13.2. The molecule has 1 saturated heterocycles. The quantitative estimate of drug-likeness (QED) is 0.560. The van der Waals surface area contributed by atoms with E-state index in [0.717, 1.165) is 54.0 Å². The van der Waals surface area contributed by atoms with Crippen molar-refractivity contribution in [1.82, 2.24) is 10.3 Å². The first-order valence-corrected chi connectivity index (χ1v) is 10.8. The summed E-state index contributed by atoms with van der Waals surface area (Å²) in [5.74, 6) is 0.0744. The lowest BCUT2D eigenvalue weighted by Gasteiger charge is -2.19. The molecule has 3 aromatic rings. The van der Waals surface area contributed by atoms with E-state index in [1.165, 1.54) is 6.42 Å². The van der Waals surface area contributed by atoms with Crippen molar-refractivity contribution in [1.29, 1.82) is 0 Å². The highest BCUT2D eigenvalue weighted by molar-refractivity contribution is 6.37. The lowest BCUT2D eigenvalue weighted by molar-refractivity contribution is 0.102. The van der Waals surface area contributed by atoms with Crippen LogP contribution in [0, 0.1) is 6.92 Å². The number of carbonyl (C=O) groups is 1. The van der Waals surface area contributed by atoms with Crippen molar-refractivity contribution < 1.29 is 4.79 Å².